The van der Waals surface area contributed by atoms with Gasteiger partial charge in [0, 0.05) is 5.69 Å². The van der Waals surface area contributed by atoms with Crippen LogP contribution in [0.2, 0.25) is 0 Å². The molecule has 2 rings (SSSR count). The molecule has 3 N–H and O–H groups in total. The second-order valence-electron chi connectivity index (χ2n) is 4.92. The molecule has 7 heteroatoms. The van der Waals surface area contributed by atoms with Crippen molar-refractivity contribution >= 4 is 40.5 Å². The first-order valence-corrected chi connectivity index (χ1v) is 8.40. The van der Waals surface area contributed by atoms with E-state index in [1.165, 1.54) is 6.21 Å². The highest BCUT2D eigenvalue weighted by molar-refractivity contribution is 14.1. The van der Waals surface area contributed by atoms with Crippen LogP contribution in [0.1, 0.15) is 18.1 Å². The number of carbonyl (C=O) groups excluding carboxylic acids is 1. The number of nitrogens with zero attached hydrogens (tertiary/aromatic N) is 1. The first-order valence-electron chi connectivity index (χ1n) is 7.32. The van der Waals surface area contributed by atoms with Crippen molar-refractivity contribution in [2.45, 2.75) is 13.8 Å². The summed E-state index contributed by atoms with van der Waals surface area (Å²) >= 11 is 2.01. The fraction of sp³-hybridized carbons (Fsp3) is 0.176. The van der Waals surface area contributed by atoms with Crippen molar-refractivity contribution in [2.75, 3.05) is 11.9 Å². The van der Waals surface area contributed by atoms with Gasteiger partial charge < -0.3 is 15.2 Å². The minimum atomic E-state index is -0.431. The molecule has 0 aliphatic rings. The number of aryl methyl sites for hydroxylation is 1. The van der Waals surface area contributed by atoms with Crippen molar-refractivity contribution in [3.8, 4) is 11.5 Å². The van der Waals surface area contributed by atoms with E-state index in [2.05, 4.69) is 15.8 Å². The lowest BCUT2D eigenvalue weighted by atomic mass is 10.2. The minimum Gasteiger partial charge on any atom is -0.504 e. The van der Waals surface area contributed by atoms with E-state index in [1.54, 1.807) is 12.1 Å². The number of rotatable bonds is 5. The van der Waals surface area contributed by atoms with Gasteiger partial charge in [0.05, 0.1) is 16.4 Å². The zero-order chi connectivity index (χ0) is 17.5. The maximum atomic E-state index is 11.8. The van der Waals surface area contributed by atoms with Gasteiger partial charge in [0.1, 0.15) is 0 Å². The summed E-state index contributed by atoms with van der Waals surface area (Å²) in [5.41, 5.74) is 4.80. The summed E-state index contributed by atoms with van der Waals surface area (Å²) in [6, 6.07) is 10.4. The van der Waals surface area contributed by atoms with Crippen LogP contribution in [-0.2, 0) is 0 Å². The lowest BCUT2D eigenvalue weighted by Crippen LogP contribution is -2.24. The lowest BCUT2D eigenvalue weighted by molar-refractivity contribution is 0.252. The molecule has 0 spiro atoms. The topological polar surface area (TPSA) is 83.0 Å². The molecule has 24 heavy (non-hydrogen) atoms. The Morgan fingerprint density at radius 1 is 1.38 bits per heavy atom. The summed E-state index contributed by atoms with van der Waals surface area (Å²) in [6.07, 6.45) is 1.49. The Morgan fingerprint density at radius 2 is 2.12 bits per heavy atom. The average molecular weight is 439 g/mol. The van der Waals surface area contributed by atoms with Gasteiger partial charge in [-0.2, -0.15) is 5.10 Å². The van der Waals surface area contributed by atoms with Crippen LogP contribution in [0.3, 0.4) is 0 Å². The number of anilines is 1. The predicted molar refractivity (Wildman–Crippen MR) is 103 cm³/mol. The van der Waals surface area contributed by atoms with Crippen molar-refractivity contribution in [1.82, 2.24) is 5.43 Å². The third-order valence-electron chi connectivity index (χ3n) is 3.12. The molecule has 0 aliphatic carbocycles. The Bertz CT molecular complexity index is 763. The Balaban J connectivity index is 2.01. The number of phenolic OH excluding ortho intramolecular Hbond substituents is 1. The second kappa shape index (κ2) is 8.53. The number of hydrogen-bond acceptors (Lipinski definition) is 4. The van der Waals surface area contributed by atoms with Crippen LogP contribution >= 0.6 is 22.6 Å². The average Bonchev–Trinajstić information content (AvgIpc) is 2.54. The number of urea groups is 1. The number of amides is 2. The Labute approximate surface area is 154 Å². The molecule has 0 saturated heterocycles. The molecule has 0 bridgehead atoms. The van der Waals surface area contributed by atoms with Crippen molar-refractivity contribution in [3.63, 3.8) is 0 Å². The van der Waals surface area contributed by atoms with Gasteiger partial charge in [0.2, 0.25) is 0 Å². The number of benzene rings is 2. The fourth-order valence-electron chi connectivity index (χ4n) is 1.96. The van der Waals surface area contributed by atoms with E-state index in [0.717, 1.165) is 11.3 Å². The number of hydrazone groups is 1. The number of halogens is 1. The number of phenols is 1. The zero-order valence-corrected chi connectivity index (χ0v) is 15.5. The lowest BCUT2D eigenvalue weighted by Gasteiger charge is -2.08. The Hall–Kier alpha value is -2.29. The largest absolute Gasteiger partial charge is 0.504 e. The number of aromatic hydroxyl groups is 1. The first kappa shape index (κ1) is 18.1. The first-order chi connectivity index (χ1) is 11.5. The minimum absolute atomic E-state index is 0.0971. The van der Waals surface area contributed by atoms with Gasteiger partial charge in [0.25, 0.3) is 0 Å². The zero-order valence-electron chi connectivity index (χ0n) is 13.3. The summed E-state index contributed by atoms with van der Waals surface area (Å²) in [5.74, 6) is 0.482. The fourth-order valence-corrected chi connectivity index (χ4v) is 2.59. The molecule has 0 unspecified atom stereocenters. The van der Waals surface area contributed by atoms with Crippen molar-refractivity contribution in [2.24, 2.45) is 5.10 Å². The van der Waals surface area contributed by atoms with Crippen LogP contribution < -0.4 is 15.5 Å². The molecule has 0 radical (unpaired) electrons. The van der Waals surface area contributed by atoms with E-state index in [-0.39, 0.29) is 5.75 Å². The summed E-state index contributed by atoms with van der Waals surface area (Å²) < 4.78 is 6.00. The van der Waals surface area contributed by atoms with E-state index >= 15 is 0 Å². The maximum Gasteiger partial charge on any atom is 0.339 e. The summed E-state index contributed by atoms with van der Waals surface area (Å²) in [6.45, 7) is 4.19. The van der Waals surface area contributed by atoms with E-state index in [9.17, 15) is 9.90 Å². The molecule has 0 saturated carbocycles. The number of para-hydroxylation sites is 1. The molecule has 0 fully saturated rings. The molecule has 2 amide bonds. The third kappa shape index (κ3) is 4.85. The molecule has 0 aromatic heterocycles. The van der Waals surface area contributed by atoms with Crippen LogP contribution in [0.15, 0.2) is 41.5 Å². The number of carbonyl (C=O) groups is 1. The quantitative estimate of drug-likeness (QED) is 0.376. The van der Waals surface area contributed by atoms with Crippen LogP contribution in [-0.4, -0.2) is 24.0 Å². The highest BCUT2D eigenvalue weighted by Crippen LogP contribution is 2.32. The molecule has 0 atom stereocenters. The normalized spacial score (nSPS) is 10.6. The third-order valence-corrected chi connectivity index (χ3v) is 3.95. The number of ether oxygens (including phenoxy) is 1. The van der Waals surface area contributed by atoms with Crippen LogP contribution in [0.5, 0.6) is 11.5 Å². The van der Waals surface area contributed by atoms with Crippen molar-refractivity contribution in [3.05, 3.63) is 51.1 Å². The van der Waals surface area contributed by atoms with E-state index in [1.807, 2.05) is 60.7 Å². The van der Waals surface area contributed by atoms with E-state index in [0.29, 0.717) is 21.5 Å². The van der Waals surface area contributed by atoms with Crippen molar-refractivity contribution in [1.29, 1.82) is 0 Å². The van der Waals surface area contributed by atoms with Gasteiger partial charge in [-0.15, -0.1) is 0 Å². The van der Waals surface area contributed by atoms with Gasteiger partial charge in [-0.1, -0.05) is 18.2 Å². The molecular weight excluding hydrogens is 421 g/mol. The monoisotopic (exact) mass is 439 g/mol. The van der Waals surface area contributed by atoms with Crippen LogP contribution in [0.25, 0.3) is 0 Å². The summed E-state index contributed by atoms with van der Waals surface area (Å²) in [5, 5.41) is 16.5. The van der Waals surface area contributed by atoms with E-state index in [4.69, 9.17) is 4.74 Å². The second-order valence-corrected chi connectivity index (χ2v) is 6.08. The SMILES string of the molecule is CCOc1cc(C=NNC(=O)Nc2ccccc2C)cc(I)c1O. The Morgan fingerprint density at radius 3 is 2.83 bits per heavy atom. The molecule has 126 valence electrons. The molecule has 2 aromatic rings. The van der Waals surface area contributed by atoms with Crippen molar-refractivity contribution < 1.29 is 14.6 Å². The molecular formula is C17H18IN3O3. The van der Waals surface area contributed by atoms with Gasteiger partial charge in [-0.25, -0.2) is 10.2 Å². The highest BCUT2D eigenvalue weighted by atomic mass is 127. The van der Waals surface area contributed by atoms with Crippen LogP contribution in [0.4, 0.5) is 10.5 Å². The maximum absolute atomic E-state index is 11.8. The standard InChI is InChI=1S/C17H18IN3O3/c1-3-24-15-9-12(8-13(18)16(15)22)10-19-21-17(23)20-14-7-5-4-6-11(14)2/h4-10,22H,3H2,1-2H3,(H2,20,21,23). The predicted octanol–water partition coefficient (Wildman–Crippen LogP) is 3.86. The van der Waals surface area contributed by atoms with E-state index < -0.39 is 6.03 Å². The number of nitrogens with one attached hydrogen (secondary N) is 2. The smallest absolute Gasteiger partial charge is 0.339 e. The molecule has 6 nitrogen and oxygen atoms in total. The molecule has 0 heterocycles. The summed E-state index contributed by atoms with van der Waals surface area (Å²) in [7, 11) is 0. The molecule has 0 aliphatic heterocycles. The van der Waals surface area contributed by atoms with Gasteiger partial charge in [0.15, 0.2) is 11.5 Å². The molecule has 2 aromatic carbocycles. The summed E-state index contributed by atoms with van der Waals surface area (Å²) in [4.78, 5) is 11.8. The number of hydrogen-bond donors (Lipinski definition) is 3. The van der Waals surface area contributed by atoms with Gasteiger partial charge in [-0.05, 0) is 65.8 Å². The highest BCUT2D eigenvalue weighted by Gasteiger charge is 2.08. The van der Waals surface area contributed by atoms with Crippen LogP contribution in [0, 0.1) is 10.5 Å². The van der Waals surface area contributed by atoms with Gasteiger partial charge in [-0.3, -0.25) is 0 Å². The van der Waals surface area contributed by atoms with Gasteiger partial charge >= 0.3 is 6.03 Å². The Kier molecular flexibility index (Phi) is 6.42.